The maximum Gasteiger partial charge on any atom is 0.195 e. The molecule has 0 aromatic heterocycles. The number of nitrogens with zero attached hydrogens (tertiary/aromatic N) is 3. The summed E-state index contributed by atoms with van der Waals surface area (Å²) in [5.74, 6) is 2.79. The van der Waals surface area contributed by atoms with Crippen molar-refractivity contribution < 1.29 is 4.74 Å². The zero-order valence-electron chi connectivity index (χ0n) is 16.9. The first kappa shape index (κ1) is 20.9. The van der Waals surface area contributed by atoms with Crippen LogP contribution in [0.3, 0.4) is 0 Å². The van der Waals surface area contributed by atoms with E-state index in [0.29, 0.717) is 18.2 Å². The van der Waals surface area contributed by atoms with E-state index in [2.05, 4.69) is 56.9 Å². The van der Waals surface area contributed by atoms with E-state index in [1.54, 1.807) is 0 Å². The molecule has 2 N–H and O–H groups in total. The molecule has 0 spiro atoms. The van der Waals surface area contributed by atoms with Gasteiger partial charge in [0.1, 0.15) is 11.6 Å². The molecule has 0 fully saturated rings. The Labute approximate surface area is 176 Å². The molecule has 6 nitrogen and oxygen atoms in total. The standard InChI is InChI=1S/C22H27N5OS/c1-16-13-20(17(2)12-19(16)26-22-24-10-7-11-25-22)28-15-29-27-21(23-3)14-18-8-5-4-6-9-18/h4-6,8-9,12-13H,3,7,10-11,14-15H2,1-2H3,(H2,24,25,26)/b27-21-. The SMILES string of the molecule is C=N/C(Cc1ccccc1)=N\SCOc1cc(C)c(NC2=NCCCN2)cc1C. The van der Waals surface area contributed by atoms with Crippen LogP contribution in [-0.2, 0) is 6.42 Å². The largest absolute Gasteiger partial charge is 0.481 e. The Morgan fingerprint density at radius 3 is 2.79 bits per heavy atom. The molecule has 2 aromatic rings. The van der Waals surface area contributed by atoms with Crippen molar-refractivity contribution in [1.82, 2.24) is 5.32 Å². The number of guanidine groups is 1. The quantitative estimate of drug-likeness (QED) is 0.234. The van der Waals surface area contributed by atoms with Crippen LogP contribution in [0.15, 0.2) is 56.8 Å². The normalized spacial score (nSPS) is 14.0. The molecule has 1 aliphatic heterocycles. The number of nitrogens with one attached hydrogen (secondary N) is 2. The maximum atomic E-state index is 5.93. The summed E-state index contributed by atoms with van der Waals surface area (Å²) in [5, 5.41) is 6.65. The highest BCUT2D eigenvalue weighted by Crippen LogP contribution is 2.27. The van der Waals surface area contributed by atoms with Gasteiger partial charge in [0.25, 0.3) is 0 Å². The summed E-state index contributed by atoms with van der Waals surface area (Å²) in [6.45, 7) is 9.53. The molecule has 29 heavy (non-hydrogen) atoms. The minimum Gasteiger partial charge on any atom is -0.481 e. The van der Waals surface area contributed by atoms with Gasteiger partial charge in [0.15, 0.2) is 11.9 Å². The number of hydrogen-bond donors (Lipinski definition) is 2. The summed E-state index contributed by atoms with van der Waals surface area (Å²) in [6.07, 6.45) is 1.73. The van der Waals surface area contributed by atoms with E-state index < -0.39 is 0 Å². The average Bonchev–Trinajstić information content (AvgIpc) is 2.75. The summed E-state index contributed by atoms with van der Waals surface area (Å²) in [7, 11) is 0. The number of rotatable bonds is 7. The molecule has 0 aliphatic carbocycles. The molecule has 0 saturated heterocycles. The van der Waals surface area contributed by atoms with E-state index in [-0.39, 0.29) is 0 Å². The van der Waals surface area contributed by atoms with E-state index in [0.717, 1.165) is 53.6 Å². The summed E-state index contributed by atoms with van der Waals surface area (Å²) < 4.78 is 10.4. The first-order valence-corrected chi connectivity index (χ1v) is 10.6. The van der Waals surface area contributed by atoms with Crippen molar-refractivity contribution in [3.63, 3.8) is 0 Å². The molecule has 3 rings (SSSR count). The maximum absolute atomic E-state index is 5.93. The van der Waals surface area contributed by atoms with Gasteiger partial charge in [-0.15, -0.1) is 0 Å². The Kier molecular flexibility index (Phi) is 7.69. The van der Waals surface area contributed by atoms with Crippen LogP contribution in [-0.4, -0.2) is 37.5 Å². The van der Waals surface area contributed by atoms with E-state index in [1.807, 2.05) is 31.2 Å². The predicted octanol–water partition coefficient (Wildman–Crippen LogP) is 4.39. The fraction of sp³-hybridized carbons (Fsp3) is 0.318. The van der Waals surface area contributed by atoms with Crippen LogP contribution in [0.4, 0.5) is 5.69 Å². The molecule has 0 radical (unpaired) electrons. The van der Waals surface area contributed by atoms with Gasteiger partial charge in [-0.2, -0.15) is 4.40 Å². The van der Waals surface area contributed by atoms with E-state index in [9.17, 15) is 0 Å². The van der Waals surface area contributed by atoms with Crippen molar-refractivity contribution in [2.24, 2.45) is 14.4 Å². The second kappa shape index (κ2) is 10.7. The fourth-order valence-electron chi connectivity index (χ4n) is 2.91. The van der Waals surface area contributed by atoms with E-state index in [4.69, 9.17) is 4.74 Å². The molecule has 1 heterocycles. The molecular formula is C22H27N5OS. The highest BCUT2D eigenvalue weighted by molar-refractivity contribution is 7.98. The van der Waals surface area contributed by atoms with Crippen LogP contribution in [0.1, 0.15) is 23.1 Å². The van der Waals surface area contributed by atoms with Crippen molar-refractivity contribution in [3.05, 3.63) is 59.2 Å². The van der Waals surface area contributed by atoms with Gasteiger partial charge in [0.05, 0.1) is 0 Å². The van der Waals surface area contributed by atoms with Crippen LogP contribution >= 0.6 is 11.9 Å². The summed E-state index contributed by atoms with van der Waals surface area (Å²) >= 11 is 1.33. The Balaban J connectivity index is 1.55. The highest BCUT2D eigenvalue weighted by atomic mass is 32.2. The number of anilines is 1. The zero-order valence-corrected chi connectivity index (χ0v) is 17.8. The van der Waals surface area contributed by atoms with E-state index in [1.165, 1.54) is 11.9 Å². The molecule has 0 amide bonds. The van der Waals surface area contributed by atoms with Crippen LogP contribution in [0.25, 0.3) is 0 Å². The molecular weight excluding hydrogens is 382 g/mol. The number of benzene rings is 2. The molecule has 152 valence electrons. The van der Waals surface area contributed by atoms with Crippen molar-refractivity contribution >= 4 is 36.1 Å². The van der Waals surface area contributed by atoms with Gasteiger partial charge < -0.3 is 15.4 Å². The molecule has 7 heteroatoms. The van der Waals surface area contributed by atoms with Crippen molar-refractivity contribution in [3.8, 4) is 5.75 Å². The molecule has 0 saturated carbocycles. The van der Waals surface area contributed by atoms with Crippen LogP contribution < -0.4 is 15.4 Å². The lowest BCUT2D eigenvalue weighted by Gasteiger charge is -2.18. The van der Waals surface area contributed by atoms with Crippen molar-refractivity contribution in [2.75, 3.05) is 24.3 Å². The van der Waals surface area contributed by atoms with Gasteiger partial charge >= 0.3 is 0 Å². The third kappa shape index (κ3) is 6.35. The third-order valence-corrected chi connectivity index (χ3v) is 5.06. The number of hydrogen-bond acceptors (Lipinski definition) is 6. The summed E-state index contributed by atoms with van der Waals surface area (Å²) in [5.41, 5.74) is 4.36. The Bertz CT molecular complexity index is 896. The predicted molar refractivity (Wildman–Crippen MR) is 125 cm³/mol. The van der Waals surface area contributed by atoms with Gasteiger partial charge in [0, 0.05) is 37.1 Å². The summed E-state index contributed by atoms with van der Waals surface area (Å²) in [6, 6.07) is 14.2. The van der Waals surface area contributed by atoms with Crippen LogP contribution in [0.5, 0.6) is 5.75 Å². The second-order valence-electron chi connectivity index (χ2n) is 6.79. The lowest BCUT2D eigenvalue weighted by Crippen LogP contribution is -2.35. The van der Waals surface area contributed by atoms with Gasteiger partial charge in [-0.05, 0) is 55.8 Å². The molecule has 0 atom stereocenters. The van der Waals surface area contributed by atoms with Gasteiger partial charge in [-0.3, -0.25) is 4.99 Å². The average molecular weight is 410 g/mol. The van der Waals surface area contributed by atoms with Gasteiger partial charge in [-0.25, -0.2) is 4.99 Å². The molecule has 0 bridgehead atoms. The first-order valence-electron chi connectivity index (χ1n) is 9.64. The topological polar surface area (TPSA) is 70.4 Å². The lowest BCUT2D eigenvalue weighted by atomic mass is 10.1. The Morgan fingerprint density at radius 1 is 1.24 bits per heavy atom. The lowest BCUT2D eigenvalue weighted by molar-refractivity contribution is 0.390. The van der Waals surface area contributed by atoms with Crippen molar-refractivity contribution in [1.29, 1.82) is 0 Å². The van der Waals surface area contributed by atoms with Gasteiger partial charge in [-0.1, -0.05) is 30.3 Å². The molecule has 0 unspecified atom stereocenters. The highest BCUT2D eigenvalue weighted by Gasteiger charge is 2.09. The van der Waals surface area contributed by atoms with Crippen LogP contribution in [0.2, 0.25) is 0 Å². The smallest absolute Gasteiger partial charge is 0.195 e. The van der Waals surface area contributed by atoms with Crippen molar-refractivity contribution in [2.45, 2.75) is 26.7 Å². The second-order valence-corrected chi connectivity index (χ2v) is 7.46. The molecule has 2 aromatic carbocycles. The number of ether oxygens (including phenoxy) is 1. The van der Waals surface area contributed by atoms with E-state index >= 15 is 0 Å². The zero-order chi connectivity index (χ0) is 20.5. The van der Waals surface area contributed by atoms with Crippen LogP contribution in [0, 0.1) is 13.8 Å². The minimum atomic E-state index is 0.412. The monoisotopic (exact) mass is 409 g/mol. The van der Waals surface area contributed by atoms with Gasteiger partial charge in [0.2, 0.25) is 0 Å². The Hall–Kier alpha value is -2.80. The first-order chi connectivity index (χ1) is 14.2. The number of aliphatic imine (C=N–C) groups is 2. The minimum absolute atomic E-state index is 0.412. The fourth-order valence-corrected chi connectivity index (χ4v) is 3.41. The summed E-state index contributed by atoms with van der Waals surface area (Å²) in [4.78, 5) is 8.49. The number of aryl methyl sites for hydroxylation is 2. The molecule has 1 aliphatic rings. The third-order valence-electron chi connectivity index (χ3n) is 4.50. The number of amidine groups is 1. The Morgan fingerprint density at radius 2 is 2.07 bits per heavy atom.